The Morgan fingerprint density at radius 2 is 0.638 bits per heavy atom. The molecule has 0 radical (unpaired) electrons. The average Bonchev–Trinajstić information content (AvgIpc) is 4.24. The minimum absolute atomic E-state index is 0.165. The summed E-state index contributed by atoms with van der Waals surface area (Å²) in [7, 11) is 0. The Hall–Kier alpha value is -7.25. The number of allylic oxidation sites excluding steroid dienone is 8. The first-order valence-corrected chi connectivity index (χ1v) is 26.7. The van der Waals surface area contributed by atoms with Crippen LogP contribution in [-0.4, -0.2) is 0 Å². The second-order valence-corrected chi connectivity index (χ2v) is 24.1. The molecule has 0 saturated carbocycles. The first-order chi connectivity index (χ1) is 34.0. The molecule has 4 aliphatic rings. The van der Waals surface area contributed by atoms with Gasteiger partial charge >= 0.3 is 406 Å². The van der Waals surface area contributed by atoms with Gasteiger partial charge in [0, 0.05) is 0 Å². The molecule has 12 rings (SSSR count). The van der Waals surface area contributed by atoms with Crippen molar-refractivity contribution >= 4 is 19.1 Å². The molecule has 0 aromatic heterocycles. The van der Waals surface area contributed by atoms with E-state index in [2.05, 4.69) is 34.1 Å². The molecule has 336 valence electrons. The molecule has 2 aliphatic carbocycles. The summed E-state index contributed by atoms with van der Waals surface area (Å²) >= 11 is -5.41. The van der Waals surface area contributed by atoms with Crippen molar-refractivity contribution in [3.63, 3.8) is 0 Å². The Morgan fingerprint density at radius 1 is 0.348 bits per heavy atom. The summed E-state index contributed by atoms with van der Waals surface area (Å²) in [4.78, 5) is 4.12. The zero-order valence-corrected chi connectivity index (χ0v) is 39.1. The van der Waals surface area contributed by atoms with Crippen LogP contribution in [0.15, 0.2) is 238 Å². The zero-order chi connectivity index (χ0) is 46.6. The van der Waals surface area contributed by atoms with E-state index in [-0.39, 0.29) is 19.1 Å². The van der Waals surface area contributed by atoms with Crippen LogP contribution in [-0.2, 0) is 16.6 Å². The van der Waals surface area contributed by atoms with Crippen molar-refractivity contribution in [1.29, 1.82) is 0 Å². The van der Waals surface area contributed by atoms with Gasteiger partial charge in [0.25, 0.3) is 0 Å². The molecule has 7 heteroatoms. The van der Waals surface area contributed by atoms with Crippen LogP contribution in [0.3, 0.4) is 0 Å². The van der Waals surface area contributed by atoms with Gasteiger partial charge < -0.3 is 0 Å². The predicted molar refractivity (Wildman–Crippen MR) is 267 cm³/mol. The van der Waals surface area contributed by atoms with Gasteiger partial charge in [0.1, 0.15) is 0 Å². The Morgan fingerprint density at radius 3 is 0.913 bits per heavy atom. The average molecular weight is 943 g/mol. The number of fused-ring (bicyclic) bond motifs is 2. The molecule has 0 saturated heterocycles. The second-order valence-electron chi connectivity index (χ2n) is 18.2. The molecule has 2 heterocycles. The third kappa shape index (κ3) is 6.87. The fourth-order valence-corrected chi connectivity index (χ4v) is 20.2. The summed E-state index contributed by atoms with van der Waals surface area (Å²) in [5, 5.41) is 0. The van der Waals surface area contributed by atoms with Crippen LogP contribution >= 0.6 is 0 Å². The van der Waals surface area contributed by atoms with Crippen molar-refractivity contribution in [2.45, 2.75) is 37.0 Å². The van der Waals surface area contributed by atoms with Crippen LogP contribution in [0.5, 0.6) is 0 Å². The molecular weight excluding hydrogens is 897 g/mol. The van der Waals surface area contributed by atoms with Crippen LogP contribution in [0.2, 0.25) is 0 Å². The van der Waals surface area contributed by atoms with Gasteiger partial charge in [0.15, 0.2) is 0 Å². The van der Waals surface area contributed by atoms with Crippen molar-refractivity contribution in [1.82, 2.24) is 0 Å². The number of anilines is 2. The molecule has 0 spiro atoms. The van der Waals surface area contributed by atoms with Crippen LogP contribution in [0, 0.1) is 23.3 Å². The summed E-state index contributed by atoms with van der Waals surface area (Å²) in [5.41, 5.74) is 8.06. The second kappa shape index (κ2) is 17.7. The van der Waals surface area contributed by atoms with Crippen LogP contribution in [0.1, 0.15) is 81.5 Å². The van der Waals surface area contributed by atoms with Gasteiger partial charge in [-0.2, -0.15) is 0 Å². The number of benzene rings is 8. The van der Waals surface area contributed by atoms with E-state index in [9.17, 15) is 0 Å². The molecular formula is C62H46F4N2Ti. The molecule has 4 unspecified atom stereocenters. The Bertz CT molecular complexity index is 3010. The van der Waals surface area contributed by atoms with Gasteiger partial charge in [-0.15, -0.1) is 0 Å². The summed E-state index contributed by atoms with van der Waals surface area (Å²) in [5.74, 6) is -3.23. The molecule has 0 fully saturated rings. The number of hydrogen-bond donors (Lipinski definition) is 0. The standard InChI is InChI=1S/2C26H18F2N.2C5H5.Ti/c2*27-20-15-16-24(23(28)17-20)29-25(18-9-3-1-4-10-18)21-13-7-8-14-22(21)26(29)19-11-5-2-6-12-19;2*1-2-4-5-3-1;/h2*1-16,25-26H;2*1-3H,4H2;. The first-order valence-electron chi connectivity index (χ1n) is 23.6. The van der Waals surface area contributed by atoms with E-state index < -0.39 is 64.0 Å². The molecule has 8 aromatic rings. The number of halogens is 4. The van der Waals surface area contributed by atoms with Gasteiger partial charge in [-0.3, -0.25) is 0 Å². The number of nitrogens with zero attached hydrogens (tertiary/aromatic N) is 2. The fourth-order valence-electron chi connectivity index (χ4n) is 12.0. The van der Waals surface area contributed by atoms with E-state index in [1.807, 2.05) is 182 Å². The van der Waals surface area contributed by atoms with Crippen LogP contribution in [0.4, 0.5) is 28.9 Å². The van der Waals surface area contributed by atoms with Crippen LogP contribution < -0.4 is 17.5 Å². The molecule has 0 bridgehead atoms. The normalized spacial score (nSPS) is 19.2. The van der Waals surface area contributed by atoms with Gasteiger partial charge in [0.05, 0.1) is 0 Å². The first kappa shape index (κ1) is 43.1. The van der Waals surface area contributed by atoms with Crippen molar-refractivity contribution < 1.29 is 34.2 Å². The van der Waals surface area contributed by atoms with Crippen molar-refractivity contribution in [3.05, 3.63) is 306 Å². The summed E-state index contributed by atoms with van der Waals surface area (Å²) in [6.45, 7) is 0. The molecule has 0 amide bonds. The summed E-state index contributed by atoms with van der Waals surface area (Å²) in [6.07, 6.45) is 11.9. The molecule has 0 N–H and O–H groups in total. The fraction of sp³-hybridized carbons (Fsp3) is 0.0968. The summed E-state index contributed by atoms with van der Waals surface area (Å²) < 4.78 is 75.4. The third-order valence-electron chi connectivity index (χ3n) is 14.7. The number of hydrogen-bond acceptors (Lipinski definition) is 2. The Kier molecular flexibility index (Phi) is 11.0. The molecule has 2 aliphatic heterocycles. The minimum atomic E-state index is -5.41. The van der Waals surface area contributed by atoms with Crippen molar-refractivity contribution in [2.24, 2.45) is 0 Å². The number of rotatable bonds is 10. The van der Waals surface area contributed by atoms with Gasteiger partial charge in [0.2, 0.25) is 0 Å². The third-order valence-corrected chi connectivity index (χ3v) is 22.6. The van der Waals surface area contributed by atoms with E-state index in [1.165, 1.54) is 24.3 Å². The molecule has 4 atom stereocenters. The summed E-state index contributed by atoms with van der Waals surface area (Å²) in [6, 6.07) is 60.0. The molecule has 69 heavy (non-hydrogen) atoms. The zero-order valence-electron chi connectivity index (χ0n) is 37.6. The molecule has 8 aromatic carbocycles. The Labute approximate surface area is 403 Å². The molecule has 2 nitrogen and oxygen atoms in total. The van der Waals surface area contributed by atoms with E-state index in [1.54, 1.807) is 0 Å². The monoisotopic (exact) mass is 942 g/mol. The topological polar surface area (TPSA) is 6.48 Å². The SMILES string of the molecule is Fc1ccc(N2C(c3ccccc3)c3ccccc3C2c2ccccc2)c(F)[c]1[Ti]([C]1=CC=CC1)([C]1=CC=CC1)[c]1c(F)ccc(N2C(c3ccccc3)c3ccccc3C2c2ccccc2)c1F. The van der Waals surface area contributed by atoms with E-state index in [0.717, 1.165) is 44.5 Å². The predicted octanol–water partition coefficient (Wildman–Crippen LogP) is 14.4. The Balaban J connectivity index is 1.14. The van der Waals surface area contributed by atoms with Gasteiger partial charge in [-0.05, 0) is 0 Å². The van der Waals surface area contributed by atoms with Crippen molar-refractivity contribution in [2.75, 3.05) is 9.80 Å². The van der Waals surface area contributed by atoms with E-state index in [4.69, 9.17) is 0 Å². The van der Waals surface area contributed by atoms with Gasteiger partial charge in [-0.25, -0.2) is 0 Å². The maximum atomic E-state index is 19.3. The van der Waals surface area contributed by atoms with Gasteiger partial charge in [-0.1, -0.05) is 0 Å². The van der Waals surface area contributed by atoms with E-state index >= 15 is 17.6 Å². The van der Waals surface area contributed by atoms with Crippen molar-refractivity contribution in [3.8, 4) is 0 Å². The quantitative estimate of drug-likeness (QED) is 0.0996. The van der Waals surface area contributed by atoms with E-state index in [0.29, 0.717) is 20.6 Å². The van der Waals surface area contributed by atoms with Crippen LogP contribution in [0.25, 0.3) is 0 Å². The maximum absolute atomic E-state index is 19.3.